The van der Waals surface area contributed by atoms with Gasteiger partial charge in [0.1, 0.15) is 11.6 Å². The fourth-order valence-electron chi connectivity index (χ4n) is 2.24. The Bertz CT molecular complexity index is 598. The topological polar surface area (TPSA) is 59.1 Å². The maximum Gasteiger partial charge on any atom is 0.224 e. The molecule has 0 aliphatic carbocycles. The second-order valence-electron chi connectivity index (χ2n) is 5.43. The van der Waals surface area contributed by atoms with E-state index in [0.29, 0.717) is 12.6 Å². The molecule has 0 saturated carbocycles. The Morgan fingerprint density at radius 1 is 1.04 bits per heavy atom. The summed E-state index contributed by atoms with van der Waals surface area (Å²) >= 11 is 0. The van der Waals surface area contributed by atoms with E-state index in [1.165, 1.54) is 12.8 Å². The number of nitrogens with zero attached hydrogens (tertiary/aromatic N) is 2. The van der Waals surface area contributed by atoms with Crippen molar-refractivity contribution in [2.45, 2.75) is 40.0 Å². The van der Waals surface area contributed by atoms with Crippen LogP contribution in [0.25, 0.3) is 0 Å². The van der Waals surface area contributed by atoms with Gasteiger partial charge in [-0.05, 0) is 44.5 Å². The predicted octanol–water partition coefficient (Wildman–Crippen LogP) is 4.53. The molecule has 23 heavy (non-hydrogen) atoms. The number of hydrogen-bond donors (Lipinski definition) is 2. The number of hydrogen-bond acceptors (Lipinski definition) is 5. The highest BCUT2D eigenvalue weighted by Gasteiger charge is 2.03. The van der Waals surface area contributed by atoms with Crippen LogP contribution in [0.3, 0.4) is 0 Å². The summed E-state index contributed by atoms with van der Waals surface area (Å²) in [5.41, 5.74) is 1.91. The zero-order valence-electron chi connectivity index (χ0n) is 14.2. The molecule has 124 valence electrons. The number of nitrogens with one attached hydrogen (secondary N) is 2. The second-order valence-corrected chi connectivity index (χ2v) is 5.43. The van der Waals surface area contributed by atoms with Gasteiger partial charge >= 0.3 is 0 Å². The Balaban J connectivity index is 1.99. The highest BCUT2D eigenvalue weighted by molar-refractivity contribution is 5.58. The molecule has 2 aromatic rings. The van der Waals surface area contributed by atoms with Crippen LogP contribution < -0.4 is 15.4 Å². The van der Waals surface area contributed by atoms with Gasteiger partial charge in [-0.2, -0.15) is 4.98 Å². The minimum atomic E-state index is 0.672. The van der Waals surface area contributed by atoms with Crippen LogP contribution in [0.4, 0.5) is 17.5 Å². The standard InChI is InChI=1S/C18H26N4O/c1-4-6-7-12-19-18-20-14(3)13-17(22-18)21-15-8-10-16(11-9-15)23-5-2/h8-11,13H,4-7,12H2,1-3H3,(H2,19,20,21,22). The van der Waals surface area contributed by atoms with Gasteiger partial charge < -0.3 is 15.4 Å². The molecule has 5 heteroatoms. The molecule has 0 fully saturated rings. The van der Waals surface area contributed by atoms with Crippen LogP contribution >= 0.6 is 0 Å². The molecule has 0 amide bonds. The largest absolute Gasteiger partial charge is 0.494 e. The predicted molar refractivity (Wildman–Crippen MR) is 95.7 cm³/mol. The maximum atomic E-state index is 5.45. The number of aryl methyl sites for hydroxylation is 1. The average molecular weight is 314 g/mol. The van der Waals surface area contributed by atoms with Crippen LogP contribution in [-0.4, -0.2) is 23.1 Å². The fraction of sp³-hybridized carbons (Fsp3) is 0.444. The molecule has 0 radical (unpaired) electrons. The highest BCUT2D eigenvalue weighted by Crippen LogP contribution is 2.20. The van der Waals surface area contributed by atoms with Gasteiger partial charge in [0.25, 0.3) is 0 Å². The molecular weight excluding hydrogens is 288 g/mol. The number of anilines is 3. The number of unbranched alkanes of at least 4 members (excludes halogenated alkanes) is 2. The van der Waals surface area contributed by atoms with Crippen molar-refractivity contribution in [2.24, 2.45) is 0 Å². The first kappa shape index (κ1) is 17.1. The molecule has 0 unspecified atom stereocenters. The van der Waals surface area contributed by atoms with E-state index in [2.05, 4.69) is 27.5 Å². The third kappa shape index (κ3) is 5.77. The summed E-state index contributed by atoms with van der Waals surface area (Å²) in [5, 5.41) is 6.60. The van der Waals surface area contributed by atoms with E-state index in [1.807, 2.05) is 44.2 Å². The van der Waals surface area contributed by atoms with Crippen LogP contribution in [-0.2, 0) is 0 Å². The van der Waals surface area contributed by atoms with E-state index in [-0.39, 0.29) is 0 Å². The van der Waals surface area contributed by atoms with Crippen molar-refractivity contribution in [1.29, 1.82) is 0 Å². The molecule has 0 bridgehead atoms. The van der Waals surface area contributed by atoms with Gasteiger partial charge in [0.2, 0.25) is 5.95 Å². The van der Waals surface area contributed by atoms with E-state index in [1.54, 1.807) is 0 Å². The molecule has 1 heterocycles. The Hall–Kier alpha value is -2.30. The lowest BCUT2D eigenvalue weighted by molar-refractivity contribution is 0.340. The summed E-state index contributed by atoms with van der Waals surface area (Å²) in [6.07, 6.45) is 3.56. The molecule has 0 atom stereocenters. The Labute approximate surface area is 138 Å². The van der Waals surface area contributed by atoms with Crippen LogP contribution in [0.1, 0.15) is 38.8 Å². The van der Waals surface area contributed by atoms with Gasteiger partial charge in [0.15, 0.2) is 0 Å². The normalized spacial score (nSPS) is 10.4. The van der Waals surface area contributed by atoms with E-state index >= 15 is 0 Å². The van der Waals surface area contributed by atoms with Gasteiger partial charge in [-0.15, -0.1) is 0 Å². The summed E-state index contributed by atoms with van der Waals surface area (Å²) < 4.78 is 5.45. The second kappa shape index (κ2) is 8.98. The molecular formula is C18H26N4O. The Morgan fingerprint density at radius 2 is 1.83 bits per heavy atom. The zero-order chi connectivity index (χ0) is 16.5. The van der Waals surface area contributed by atoms with Crippen molar-refractivity contribution < 1.29 is 4.74 Å². The first-order chi connectivity index (χ1) is 11.2. The molecule has 2 N–H and O–H groups in total. The summed E-state index contributed by atoms with van der Waals surface area (Å²) in [6, 6.07) is 9.80. The highest BCUT2D eigenvalue weighted by atomic mass is 16.5. The molecule has 2 rings (SSSR count). The molecule has 0 spiro atoms. The van der Waals surface area contributed by atoms with E-state index in [4.69, 9.17) is 4.74 Å². The first-order valence-corrected chi connectivity index (χ1v) is 8.30. The van der Waals surface area contributed by atoms with Crippen molar-refractivity contribution in [3.05, 3.63) is 36.0 Å². The molecule has 0 aliphatic rings. The number of benzene rings is 1. The van der Waals surface area contributed by atoms with Crippen molar-refractivity contribution in [3.63, 3.8) is 0 Å². The van der Waals surface area contributed by atoms with Crippen molar-refractivity contribution >= 4 is 17.5 Å². The zero-order valence-corrected chi connectivity index (χ0v) is 14.2. The van der Waals surface area contributed by atoms with E-state index in [9.17, 15) is 0 Å². The van der Waals surface area contributed by atoms with Crippen molar-refractivity contribution in [1.82, 2.24) is 9.97 Å². The Kier molecular flexibility index (Phi) is 6.66. The molecule has 0 aliphatic heterocycles. The average Bonchev–Trinajstić information content (AvgIpc) is 2.53. The smallest absolute Gasteiger partial charge is 0.224 e. The molecule has 1 aromatic heterocycles. The van der Waals surface area contributed by atoms with Gasteiger partial charge in [-0.1, -0.05) is 19.8 Å². The van der Waals surface area contributed by atoms with Crippen molar-refractivity contribution in [3.8, 4) is 5.75 Å². The van der Waals surface area contributed by atoms with Gasteiger partial charge in [-0.3, -0.25) is 0 Å². The third-order valence-electron chi connectivity index (χ3n) is 3.36. The monoisotopic (exact) mass is 314 g/mol. The Morgan fingerprint density at radius 3 is 2.52 bits per heavy atom. The van der Waals surface area contributed by atoms with E-state index in [0.717, 1.165) is 35.9 Å². The summed E-state index contributed by atoms with van der Waals surface area (Å²) in [5.74, 6) is 2.34. The lowest BCUT2D eigenvalue weighted by atomic mass is 10.2. The minimum absolute atomic E-state index is 0.672. The van der Waals surface area contributed by atoms with E-state index < -0.39 is 0 Å². The minimum Gasteiger partial charge on any atom is -0.494 e. The molecule has 5 nitrogen and oxygen atoms in total. The van der Waals surface area contributed by atoms with Gasteiger partial charge in [0.05, 0.1) is 6.61 Å². The van der Waals surface area contributed by atoms with Gasteiger partial charge in [-0.25, -0.2) is 4.98 Å². The van der Waals surface area contributed by atoms with Crippen LogP contribution in [0.15, 0.2) is 30.3 Å². The van der Waals surface area contributed by atoms with Crippen LogP contribution in [0.5, 0.6) is 5.75 Å². The third-order valence-corrected chi connectivity index (χ3v) is 3.36. The van der Waals surface area contributed by atoms with Crippen molar-refractivity contribution in [2.75, 3.05) is 23.8 Å². The van der Waals surface area contributed by atoms with Gasteiger partial charge in [0, 0.05) is 24.0 Å². The lowest BCUT2D eigenvalue weighted by Gasteiger charge is -2.10. The summed E-state index contributed by atoms with van der Waals surface area (Å²) in [6.45, 7) is 7.72. The lowest BCUT2D eigenvalue weighted by Crippen LogP contribution is -2.07. The van der Waals surface area contributed by atoms with Crippen LogP contribution in [0.2, 0.25) is 0 Å². The molecule has 0 saturated heterocycles. The first-order valence-electron chi connectivity index (χ1n) is 8.30. The number of aromatic nitrogens is 2. The quantitative estimate of drug-likeness (QED) is 0.666. The SMILES string of the molecule is CCCCCNc1nc(C)cc(Nc2ccc(OCC)cc2)n1. The molecule has 1 aromatic carbocycles. The fourth-order valence-corrected chi connectivity index (χ4v) is 2.24. The number of ether oxygens (including phenoxy) is 1. The summed E-state index contributed by atoms with van der Waals surface area (Å²) in [4.78, 5) is 8.95. The number of rotatable bonds is 9. The van der Waals surface area contributed by atoms with Crippen LogP contribution in [0, 0.1) is 6.92 Å². The summed E-state index contributed by atoms with van der Waals surface area (Å²) in [7, 11) is 0. The maximum absolute atomic E-state index is 5.45.